The number of pyridine rings is 1. The Bertz CT molecular complexity index is 1220. The Morgan fingerprint density at radius 2 is 2.06 bits per heavy atom. The minimum atomic E-state index is -2.75. The van der Waals surface area contributed by atoms with Crippen molar-refractivity contribution in [2.45, 2.75) is 19.3 Å². The molecule has 0 radical (unpaired) electrons. The topological polar surface area (TPSA) is 94.3 Å². The standard InChI is InChI=1S/C24H22F3N3O4/c25-17-2-1-3-18(9-17)30-24(33)19(22(32)8-16(12-31)15-6-7-34-13-15)10-21(29-30)14-4-5-20(23(26)27)28-11-14/h1-5,9-11,15-16,23,31H,6-8,12-13H2. The minimum Gasteiger partial charge on any atom is -0.396 e. The number of rotatable bonds is 8. The number of carbonyl (C=O) groups excluding carboxylic acids is 1. The molecule has 7 nitrogen and oxygen atoms in total. The summed E-state index contributed by atoms with van der Waals surface area (Å²) in [4.78, 5) is 30.1. The van der Waals surface area contributed by atoms with Crippen LogP contribution in [0.2, 0.25) is 0 Å². The van der Waals surface area contributed by atoms with E-state index in [0.717, 1.165) is 16.8 Å². The normalized spacial score (nSPS) is 16.7. The van der Waals surface area contributed by atoms with E-state index in [9.17, 15) is 27.9 Å². The van der Waals surface area contributed by atoms with Crippen LogP contribution in [0.5, 0.6) is 0 Å². The van der Waals surface area contributed by atoms with Crippen LogP contribution in [0.15, 0.2) is 53.5 Å². The molecule has 0 saturated carbocycles. The van der Waals surface area contributed by atoms with Gasteiger partial charge in [0, 0.05) is 38.0 Å². The average molecular weight is 473 g/mol. The summed E-state index contributed by atoms with van der Waals surface area (Å²) in [7, 11) is 0. The van der Waals surface area contributed by atoms with Gasteiger partial charge in [0.1, 0.15) is 11.5 Å². The third-order valence-corrected chi connectivity index (χ3v) is 5.88. The predicted molar refractivity (Wildman–Crippen MR) is 116 cm³/mol. The maximum absolute atomic E-state index is 13.8. The molecule has 0 spiro atoms. The van der Waals surface area contributed by atoms with E-state index in [2.05, 4.69) is 10.1 Å². The molecule has 1 N–H and O–H groups in total. The summed E-state index contributed by atoms with van der Waals surface area (Å²) >= 11 is 0. The van der Waals surface area contributed by atoms with Crippen LogP contribution in [-0.4, -0.2) is 45.5 Å². The van der Waals surface area contributed by atoms with Crippen molar-refractivity contribution in [1.29, 1.82) is 0 Å². The first kappa shape index (κ1) is 23.8. The monoisotopic (exact) mass is 473 g/mol. The van der Waals surface area contributed by atoms with E-state index in [1.165, 1.54) is 36.5 Å². The summed E-state index contributed by atoms with van der Waals surface area (Å²) in [6, 6.07) is 8.91. The number of ketones is 1. The number of nitrogens with zero attached hydrogens (tertiary/aromatic N) is 3. The van der Waals surface area contributed by atoms with E-state index in [1.807, 2.05) is 0 Å². The number of alkyl halides is 2. The molecule has 178 valence electrons. The number of hydrogen-bond acceptors (Lipinski definition) is 6. The molecule has 1 aliphatic heterocycles. The molecule has 4 rings (SSSR count). The van der Waals surface area contributed by atoms with Crippen molar-refractivity contribution < 1.29 is 27.8 Å². The average Bonchev–Trinajstić information content (AvgIpc) is 3.37. The molecule has 1 aromatic carbocycles. The summed E-state index contributed by atoms with van der Waals surface area (Å²) in [6.45, 7) is 0.730. The summed E-state index contributed by atoms with van der Waals surface area (Å²) in [6.07, 6.45) is -0.967. The number of Topliss-reactive ketones (excluding diaryl/α,β-unsaturated/α-hetero) is 1. The van der Waals surface area contributed by atoms with Gasteiger partial charge in [-0.2, -0.15) is 9.78 Å². The molecule has 34 heavy (non-hydrogen) atoms. The Labute approximate surface area is 192 Å². The largest absolute Gasteiger partial charge is 0.396 e. The molecule has 2 aromatic heterocycles. The van der Waals surface area contributed by atoms with Gasteiger partial charge in [-0.25, -0.2) is 13.2 Å². The molecule has 3 heterocycles. The Morgan fingerprint density at radius 3 is 2.68 bits per heavy atom. The lowest BCUT2D eigenvalue weighted by Crippen LogP contribution is -2.30. The van der Waals surface area contributed by atoms with Gasteiger partial charge >= 0.3 is 0 Å². The van der Waals surface area contributed by atoms with E-state index in [0.29, 0.717) is 25.2 Å². The SMILES string of the molecule is O=C(CC(CO)C1CCOC1)c1cc(-c2ccc(C(F)F)nc2)nn(-c2cccc(F)c2)c1=O. The van der Waals surface area contributed by atoms with Gasteiger partial charge in [0.25, 0.3) is 12.0 Å². The van der Waals surface area contributed by atoms with Crippen molar-refractivity contribution in [2.24, 2.45) is 11.8 Å². The van der Waals surface area contributed by atoms with E-state index in [1.54, 1.807) is 0 Å². The molecule has 2 atom stereocenters. The van der Waals surface area contributed by atoms with Crippen molar-refractivity contribution >= 4 is 5.78 Å². The highest BCUT2D eigenvalue weighted by atomic mass is 19.3. The van der Waals surface area contributed by atoms with Gasteiger partial charge in [0.15, 0.2) is 5.78 Å². The maximum atomic E-state index is 13.8. The molecule has 0 amide bonds. The first-order valence-electron chi connectivity index (χ1n) is 10.7. The highest BCUT2D eigenvalue weighted by Gasteiger charge is 2.29. The number of aromatic nitrogens is 3. The Balaban J connectivity index is 1.78. The second kappa shape index (κ2) is 10.3. The Morgan fingerprint density at radius 1 is 1.24 bits per heavy atom. The molecule has 1 aliphatic rings. The van der Waals surface area contributed by atoms with Crippen LogP contribution < -0.4 is 5.56 Å². The van der Waals surface area contributed by atoms with Gasteiger partial charge in [0.05, 0.1) is 16.9 Å². The third-order valence-electron chi connectivity index (χ3n) is 5.88. The number of carbonyl (C=O) groups is 1. The summed E-state index contributed by atoms with van der Waals surface area (Å²) < 4.78 is 45.9. The molecule has 1 fully saturated rings. The lowest BCUT2D eigenvalue weighted by atomic mass is 9.87. The van der Waals surface area contributed by atoms with Crippen LogP contribution in [-0.2, 0) is 4.74 Å². The number of aliphatic hydroxyl groups excluding tert-OH is 1. The molecule has 3 aromatic rings. The fourth-order valence-corrected chi connectivity index (χ4v) is 3.96. The zero-order valence-corrected chi connectivity index (χ0v) is 18.0. The lowest BCUT2D eigenvalue weighted by Gasteiger charge is -2.19. The number of ether oxygens (including phenoxy) is 1. The Hall–Kier alpha value is -3.37. The zero-order chi connectivity index (χ0) is 24.2. The van der Waals surface area contributed by atoms with Crippen molar-refractivity contribution in [2.75, 3.05) is 19.8 Å². The van der Waals surface area contributed by atoms with Gasteiger partial charge in [0.2, 0.25) is 0 Å². The van der Waals surface area contributed by atoms with Crippen LogP contribution in [0, 0.1) is 17.7 Å². The van der Waals surface area contributed by atoms with Gasteiger partial charge in [-0.1, -0.05) is 6.07 Å². The second-order valence-corrected chi connectivity index (χ2v) is 8.11. The number of halogens is 3. The number of benzene rings is 1. The molecule has 0 aliphatic carbocycles. The van der Waals surface area contributed by atoms with Crippen molar-refractivity contribution in [3.8, 4) is 16.9 Å². The summed E-state index contributed by atoms with van der Waals surface area (Å²) in [5, 5.41) is 14.0. The minimum absolute atomic E-state index is 0.00760. The van der Waals surface area contributed by atoms with Crippen molar-refractivity contribution in [3.05, 3.63) is 76.1 Å². The molecule has 1 saturated heterocycles. The van der Waals surface area contributed by atoms with E-state index < -0.39 is 29.3 Å². The fraction of sp³-hybridized carbons (Fsp3) is 0.333. The number of hydrogen-bond donors (Lipinski definition) is 1. The van der Waals surface area contributed by atoms with Crippen LogP contribution in [0.4, 0.5) is 13.2 Å². The van der Waals surface area contributed by atoms with E-state index in [-0.39, 0.29) is 41.8 Å². The molecule has 2 unspecified atom stereocenters. The predicted octanol–water partition coefficient (Wildman–Crippen LogP) is 3.59. The second-order valence-electron chi connectivity index (χ2n) is 8.11. The summed E-state index contributed by atoms with van der Waals surface area (Å²) in [5.41, 5.74) is -0.860. The molecular weight excluding hydrogens is 451 g/mol. The van der Waals surface area contributed by atoms with Gasteiger partial charge in [-0.05, 0) is 54.7 Å². The van der Waals surface area contributed by atoms with Gasteiger partial charge in [-0.3, -0.25) is 14.6 Å². The molecular formula is C24H22F3N3O4. The molecule has 0 bridgehead atoms. The highest BCUT2D eigenvalue weighted by Crippen LogP contribution is 2.27. The Kier molecular flexibility index (Phi) is 7.18. The van der Waals surface area contributed by atoms with Crippen molar-refractivity contribution in [3.63, 3.8) is 0 Å². The fourth-order valence-electron chi connectivity index (χ4n) is 3.96. The lowest BCUT2D eigenvalue weighted by molar-refractivity contribution is 0.0873. The smallest absolute Gasteiger partial charge is 0.282 e. The third kappa shape index (κ3) is 5.07. The highest BCUT2D eigenvalue weighted by molar-refractivity contribution is 5.96. The van der Waals surface area contributed by atoms with Crippen LogP contribution in [0.1, 0.15) is 35.3 Å². The first-order chi connectivity index (χ1) is 16.4. The molecule has 10 heteroatoms. The first-order valence-corrected chi connectivity index (χ1v) is 10.7. The van der Waals surface area contributed by atoms with Crippen molar-refractivity contribution in [1.82, 2.24) is 14.8 Å². The van der Waals surface area contributed by atoms with Gasteiger partial charge < -0.3 is 9.84 Å². The number of aliphatic hydroxyl groups is 1. The summed E-state index contributed by atoms with van der Waals surface area (Å²) in [5.74, 6) is -1.51. The maximum Gasteiger partial charge on any atom is 0.282 e. The van der Waals surface area contributed by atoms with E-state index >= 15 is 0 Å². The van der Waals surface area contributed by atoms with Crippen LogP contribution >= 0.6 is 0 Å². The zero-order valence-electron chi connectivity index (χ0n) is 18.0. The van der Waals surface area contributed by atoms with E-state index in [4.69, 9.17) is 4.74 Å². The van der Waals surface area contributed by atoms with Crippen LogP contribution in [0.25, 0.3) is 16.9 Å². The van der Waals surface area contributed by atoms with Crippen LogP contribution in [0.3, 0.4) is 0 Å². The van der Waals surface area contributed by atoms with Gasteiger partial charge in [-0.15, -0.1) is 0 Å². The quantitative estimate of drug-likeness (QED) is 0.503.